The highest BCUT2D eigenvalue weighted by atomic mass is 32.2. The molecule has 3 aromatic rings. The highest BCUT2D eigenvalue weighted by Crippen LogP contribution is 2.42. The minimum atomic E-state index is -4.08. The van der Waals surface area contributed by atoms with Crippen LogP contribution >= 0.6 is 23.3 Å². The number of hydrogen-bond donors (Lipinski definition) is 2. The average Bonchev–Trinajstić information content (AvgIpc) is 3.44. The Morgan fingerprint density at radius 3 is 2.32 bits per heavy atom. The van der Waals surface area contributed by atoms with Crippen molar-refractivity contribution < 1.29 is 36.6 Å². The van der Waals surface area contributed by atoms with Crippen LogP contribution in [0, 0.1) is 0 Å². The number of anilines is 1. The predicted octanol–water partition coefficient (Wildman–Crippen LogP) is 1.78. The monoisotopic (exact) mass is 658 g/mol. The molecule has 3 N–H and O–H groups in total. The zero-order valence-electron chi connectivity index (χ0n) is 23.3. The third-order valence-corrected chi connectivity index (χ3v) is 8.55. The topological polar surface area (TPSA) is 192 Å². The SMILES string of the molecule is CCON=C(C(=O)NC1C(=O)N2C(C(=O)OC(c3ccccc3)c3ccccc3)=C(OS(C)(=O)=O)CS[C@H]12)c1nsc(N)n1. The second kappa shape index (κ2) is 13.0. The molecule has 0 spiro atoms. The van der Waals surface area contributed by atoms with Crippen molar-refractivity contribution >= 4 is 62.0 Å². The number of rotatable bonds is 11. The van der Waals surface area contributed by atoms with Gasteiger partial charge >= 0.3 is 16.1 Å². The normalized spacial score (nSPS) is 18.4. The van der Waals surface area contributed by atoms with Crippen molar-refractivity contribution in [3.63, 3.8) is 0 Å². The first kappa shape index (κ1) is 31.0. The van der Waals surface area contributed by atoms with Crippen LogP contribution < -0.4 is 11.1 Å². The Labute approximate surface area is 260 Å². The van der Waals surface area contributed by atoms with Gasteiger partial charge in [0, 0.05) is 11.5 Å². The largest absolute Gasteiger partial charge is 0.448 e. The van der Waals surface area contributed by atoms with Gasteiger partial charge in [0.25, 0.3) is 11.8 Å². The third kappa shape index (κ3) is 6.68. The first-order valence-corrected chi connectivity index (χ1v) is 16.7. The summed E-state index contributed by atoms with van der Waals surface area (Å²) in [6.07, 6.45) is -0.0530. The minimum Gasteiger partial charge on any atom is -0.448 e. The van der Waals surface area contributed by atoms with Crippen LogP contribution in [0.1, 0.15) is 30.0 Å². The molecule has 2 atom stereocenters. The lowest BCUT2D eigenvalue weighted by Gasteiger charge is -2.49. The highest BCUT2D eigenvalue weighted by molar-refractivity contribution is 8.00. The van der Waals surface area contributed by atoms with E-state index in [1.165, 1.54) is 0 Å². The first-order valence-electron chi connectivity index (χ1n) is 13.1. The fourth-order valence-electron chi connectivity index (χ4n) is 4.43. The summed E-state index contributed by atoms with van der Waals surface area (Å²) in [5.41, 5.74) is 6.29. The van der Waals surface area contributed by atoms with Gasteiger partial charge in [-0.25, -0.2) is 4.79 Å². The maximum Gasteiger partial charge on any atom is 0.359 e. The number of thioether (sulfide) groups is 1. The fourth-order valence-corrected chi connectivity index (χ4v) is 6.69. The Hall–Kier alpha value is -4.48. The summed E-state index contributed by atoms with van der Waals surface area (Å²) in [5, 5.41) is 5.67. The van der Waals surface area contributed by atoms with E-state index in [-0.39, 0.29) is 40.5 Å². The minimum absolute atomic E-state index is 0.0840. The number of nitrogens with two attached hydrogens (primary N) is 1. The Morgan fingerprint density at radius 1 is 1.14 bits per heavy atom. The molecule has 230 valence electrons. The molecule has 1 fully saturated rings. The molecule has 1 unspecified atom stereocenters. The van der Waals surface area contributed by atoms with E-state index in [4.69, 9.17) is 19.5 Å². The number of hydrogen-bond acceptors (Lipinski definition) is 14. The number of nitrogens with zero attached hydrogens (tertiary/aromatic N) is 4. The zero-order chi connectivity index (χ0) is 31.4. The van der Waals surface area contributed by atoms with Crippen molar-refractivity contribution in [3.05, 3.63) is 89.1 Å². The van der Waals surface area contributed by atoms with Crippen LogP contribution in [0.25, 0.3) is 0 Å². The first-order chi connectivity index (χ1) is 21.1. The fraction of sp³-hybridized carbons (Fsp3) is 0.259. The van der Waals surface area contributed by atoms with Gasteiger partial charge in [-0.1, -0.05) is 65.8 Å². The van der Waals surface area contributed by atoms with E-state index >= 15 is 0 Å². The van der Waals surface area contributed by atoms with Crippen molar-refractivity contribution in [2.75, 3.05) is 24.3 Å². The molecule has 14 nitrogen and oxygen atoms in total. The molecule has 44 heavy (non-hydrogen) atoms. The number of nitrogens with one attached hydrogen (secondary N) is 1. The van der Waals surface area contributed by atoms with Gasteiger partial charge in [-0.3, -0.25) is 14.5 Å². The third-order valence-electron chi connectivity index (χ3n) is 6.25. The average molecular weight is 659 g/mol. The molecule has 0 radical (unpaired) electrons. The number of fused-ring (bicyclic) bond motifs is 1. The lowest BCUT2D eigenvalue weighted by atomic mass is 10.0. The Morgan fingerprint density at radius 2 is 1.77 bits per heavy atom. The van der Waals surface area contributed by atoms with Crippen molar-refractivity contribution in [1.82, 2.24) is 19.6 Å². The molecular weight excluding hydrogens is 633 g/mol. The van der Waals surface area contributed by atoms with Crippen LogP contribution in [-0.2, 0) is 38.3 Å². The smallest absolute Gasteiger partial charge is 0.359 e. The van der Waals surface area contributed by atoms with Crippen molar-refractivity contribution in [3.8, 4) is 0 Å². The van der Waals surface area contributed by atoms with Crippen LogP contribution in [0.3, 0.4) is 0 Å². The van der Waals surface area contributed by atoms with E-state index in [2.05, 4.69) is 19.8 Å². The second-order valence-electron chi connectivity index (χ2n) is 9.34. The molecule has 0 saturated carbocycles. The van der Waals surface area contributed by atoms with Gasteiger partial charge in [0.2, 0.25) is 11.5 Å². The molecule has 0 bridgehead atoms. The van der Waals surface area contributed by atoms with Crippen LogP contribution in [0.2, 0.25) is 0 Å². The van der Waals surface area contributed by atoms with Crippen molar-refractivity contribution in [2.45, 2.75) is 24.4 Å². The van der Waals surface area contributed by atoms with E-state index in [0.717, 1.165) is 34.5 Å². The highest BCUT2D eigenvalue weighted by Gasteiger charge is 2.56. The van der Waals surface area contributed by atoms with E-state index in [9.17, 15) is 22.8 Å². The number of carbonyl (C=O) groups excluding carboxylic acids is 3. The van der Waals surface area contributed by atoms with Gasteiger partial charge in [0.1, 0.15) is 18.0 Å². The number of oxime groups is 1. The van der Waals surface area contributed by atoms with Gasteiger partial charge in [-0.2, -0.15) is 17.8 Å². The Kier molecular flexibility index (Phi) is 9.17. The molecular formula is C27H26N6O8S3. The summed E-state index contributed by atoms with van der Waals surface area (Å²) < 4.78 is 39.3. The Balaban J connectivity index is 1.43. The number of β-lactam (4-membered cyclic amide) rings is 1. The van der Waals surface area contributed by atoms with Gasteiger partial charge in [-0.05, 0) is 18.1 Å². The Bertz CT molecular complexity index is 1690. The molecule has 2 amide bonds. The van der Waals surface area contributed by atoms with Gasteiger partial charge in [-0.15, -0.1) is 11.8 Å². The van der Waals surface area contributed by atoms with Gasteiger partial charge in [0.15, 0.2) is 22.7 Å². The lowest BCUT2D eigenvalue weighted by molar-refractivity contribution is -0.154. The summed E-state index contributed by atoms with van der Waals surface area (Å²) in [6.45, 7) is 1.81. The van der Waals surface area contributed by atoms with Crippen molar-refractivity contribution in [2.24, 2.45) is 5.16 Å². The number of esters is 1. The van der Waals surface area contributed by atoms with E-state index < -0.39 is 45.4 Å². The van der Waals surface area contributed by atoms with E-state index in [0.29, 0.717) is 11.1 Å². The molecule has 0 aliphatic carbocycles. The zero-order valence-corrected chi connectivity index (χ0v) is 25.7. The lowest BCUT2D eigenvalue weighted by Crippen LogP contribution is -2.71. The van der Waals surface area contributed by atoms with Crippen LogP contribution in [0.15, 0.2) is 77.3 Å². The maximum atomic E-state index is 13.8. The number of aromatic nitrogens is 2. The summed E-state index contributed by atoms with van der Waals surface area (Å²) >= 11 is 1.94. The number of ether oxygens (including phenoxy) is 1. The number of benzene rings is 2. The summed E-state index contributed by atoms with van der Waals surface area (Å²) in [6, 6.07) is 16.8. The van der Waals surface area contributed by atoms with Gasteiger partial charge in [0.05, 0.1) is 12.0 Å². The maximum absolute atomic E-state index is 13.8. The molecule has 2 aliphatic rings. The van der Waals surface area contributed by atoms with Gasteiger partial charge < -0.3 is 24.8 Å². The quantitative estimate of drug-likeness (QED) is 0.0999. The number of carbonyl (C=O) groups is 3. The van der Waals surface area contributed by atoms with Crippen molar-refractivity contribution in [1.29, 1.82) is 0 Å². The number of amides is 2. The molecule has 17 heteroatoms. The molecule has 2 aliphatic heterocycles. The molecule has 1 aromatic heterocycles. The number of nitrogen functional groups attached to an aromatic ring is 1. The van der Waals surface area contributed by atoms with Crippen LogP contribution in [-0.4, -0.2) is 76.2 Å². The van der Waals surface area contributed by atoms with Crippen LogP contribution in [0.5, 0.6) is 0 Å². The summed E-state index contributed by atoms with van der Waals surface area (Å²) in [7, 11) is -4.08. The predicted molar refractivity (Wildman–Crippen MR) is 161 cm³/mol. The standard InChI is InChI=1S/C27H26N6O8S3/c1-3-39-31-18(22-30-27(28)43-32-22)23(34)29-19-24(35)33-20(17(14-42-25(19)33)41-44(2,37)38)26(36)40-21(15-10-6-4-7-11-15)16-12-8-5-9-13-16/h4-13,19,21,25H,3,14H2,1-2H3,(H,29,34)(H2,28,30,32)/t19?,25-/m1/s1. The molecule has 2 aromatic carbocycles. The van der Waals surface area contributed by atoms with E-state index in [1.807, 2.05) is 12.1 Å². The molecule has 5 rings (SSSR count). The summed E-state index contributed by atoms with van der Waals surface area (Å²) in [5.74, 6) is -2.95. The second-order valence-corrected chi connectivity index (χ2v) is 12.8. The summed E-state index contributed by atoms with van der Waals surface area (Å²) in [4.78, 5) is 50.6. The molecule has 3 heterocycles. The van der Waals surface area contributed by atoms with Crippen LogP contribution in [0.4, 0.5) is 5.13 Å². The molecule has 1 saturated heterocycles. The van der Waals surface area contributed by atoms with E-state index in [1.54, 1.807) is 55.5 Å².